The van der Waals surface area contributed by atoms with Crippen molar-refractivity contribution in [3.05, 3.63) is 59.2 Å². The first-order valence-electron chi connectivity index (χ1n) is 8.87. The third-order valence-corrected chi connectivity index (χ3v) is 4.59. The molecule has 0 aliphatic carbocycles. The molecule has 0 aromatic heterocycles. The van der Waals surface area contributed by atoms with Gasteiger partial charge in [-0.05, 0) is 48.7 Å². The zero-order chi connectivity index (χ0) is 20.1. The van der Waals surface area contributed by atoms with Crippen molar-refractivity contribution in [2.24, 2.45) is 0 Å². The van der Waals surface area contributed by atoms with Gasteiger partial charge in [-0.2, -0.15) is 0 Å². The Kier molecular flexibility index (Phi) is 5.93. The third kappa shape index (κ3) is 3.98. The summed E-state index contributed by atoms with van der Waals surface area (Å²) >= 11 is 0. The molecular formula is C21H21NO6. The van der Waals surface area contributed by atoms with Gasteiger partial charge in [-0.1, -0.05) is 12.1 Å². The van der Waals surface area contributed by atoms with Gasteiger partial charge in [-0.3, -0.25) is 4.79 Å². The van der Waals surface area contributed by atoms with Gasteiger partial charge >= 0.3 is 11.9 Å². The molecule has 0 unspecified atom stereocenters. The van der Waals surface area contributed by atoms with E-state index in [0.717, 1.165) is 29.8 Å². The highest BCUT2D eigenvalue weighted by Crippen LogP contribution is 2.30. The molecule has 146 valence electrons. The molecule has 0 fully saturated rings. The predicted molar refractivity (Wildman–Crippen MR) is 102 cm³/mol. The van der Waals surface area contributed by atoms with Crippen LogP contribution in [-0.4, -0.2) is 45.2 Å². The summed E-state index contributed by atoms with van der Waals surface area (Å²) in [6.07, 6.45) is 1.66. The normalized spacial score (nSPS) is 12.7. The first-order valence-corrected chi connectivity index (χ1v) is 8.87. The van der Waals surface area contributed by atoms with Crippen LogP contribution < -0.4 is 9.64 Å². The standard InChI is InChI=1S/C21H21NO6/c1-26-15-9-10-18-14(12-15)6-5-11-22(18)19(23)13-28-21(25)17-8-4-3-7-16(17)20(24)27-2/h3-4,7-10,12H,5-6,11,13H2,1-2H3. The molecule has 1 amide bonds. The van der Waals surface area contributed by atoms with E-state index in [-0.39, 0.29) is 17.0 Å². The lowest BCUT2D eigenvalue weighted by atomic mass is 10.0. The number of amides is 1. The molecule has 0 spiro atoms. The zero-order valence-electron chi connectivity index (χ0n) is 15.8. The highest BCUT2D eigenvalue weighted by Gasteiger charge is 2.25. The van der Waals surface area contributed by atoms with Crippen LogP contribution in [-0.2, 0) is 20.7 Å². The summed E-state index contributed by atoms with van der Waals surface area (Å²) in [6.45, 7) is 0.133. The maximum atomic E-state index is 12.7. The van der Waals surface area contributed by atoms with Gasteiger partial charge in [0.1, 0.15) is 5.75 Å². The van der Waals surface area contributed by atoms with Crippen molar-refractivity contribution < 1.29 is 28.6 Å². The largest absolute Gasteiger partial charge is 0.497 e. The number of esters is 2. The first-order chi connectivity index (χ1) is 13.5. The molecule has 0 bridgehead atoms. The van der Waals surface area contributed by atoms with Crippen molar-refractivity contribution in [1.82, 2.24) is 0 Å². The van der Waals surface area contributed by atoms with E-state index in [1.165, 1.54) is 19.2 Å². The third-order valence-electron chi connectivity index (χ3n) is 4.59. The van der Waals surface area contributed by atoms with Crippen molar-refractivity contribution in [2.45, 2.75) is 12.8 Å². The molecule has 0 N–H and O–H groups in total. The second kappa shape index (κ2) is 8.56. The predicted octanol–water partition coefficient (Wildman–Crippen LogP) is 2.62. The number of benzene rings is 2. The van der Waals surface area contributed by atoms with Gasteiger partial charge in [0.05, 0.1) is 25.3 Å². The average Bonchev–Trinajstić information content (AvgIpc) is 2.75. The number of carbonyl (C=O) groups is 3. The lowest BCUT2D eigenvalue weighted by molar-refractivity contribution is -0.121. The number of rotatable bonds is 5. The first kappa shape index (κ1) is 19.4. The van der Waals surface area contributed by atoms with Gasteiger partial charge in [-0.15, -0.1) is 0 Å². The molecular weight excluding hydrogens is 362 g/mol. The maximum Gasteiger partial charge on any atom is 0.339 e. The summed E-state index contributed by atoms with van der Waals surface area (Å²) in [5.41, 5.74) is 1.97. The van der Waals surface area contributed by atoms with Crippen LogP contribution in [0, 0.1) is 0 Å². The Bertz CT molecular complexity index is 908. The monoisotopic (exact) mass is 383 g/mol. The summed E-state index contributed by atoms with van der Waals surface area (Å²) in [5.74, 6) is -0.979. The quantitative estimate of drug-likeness (QED) is 0.738. The Morgan fingerprint density at radius 2 is 1.71 bits per heavy atom. The van der Waals surface area contributed by atoms with Crippen LogP contribution >= 0.6 is 0 Å². The van der Waals surface area contributed by atoms with Crippen molar-refractivity contribution in [2.75, 3.05) is 32.3 Å². The number of aryl methyl sites for hydroxylation is 1. The summed E-state index contributed by atoms with van der Waals surface area (Å²) < 4.78 is 15.1. The van der Waals surface area contributed by atoms with E-state index < -0.39 is 18.5 Å². The Labute approximate surface area is 162 Å². The number of hydrogen-bond acceptors (Lipinski definition) is 6. The van der Waals surface area contributed by atoms with E-state index >= 15 is 0 Å². The van der Waals surface area contributed by atoms with E-state index in [0.29, 0.717) is 6.54 Å². The highest BCUT2D eigenvalue weighted by molar-refractivity contribution is 6.04. The number of nitrogens with zero attached hydrogens (tertiary/aromatic N) is 1. The van der Waals surface area contributed by atoms with Gasteiger partial charge < -0.3 is 19.1 Å². The summed E-state index contributed by atoms with van der Waals surface area (Å²) in [4.78, 5) is 38.4. The number of ether oxygens (including phenoxy) is 3. The minimum Gasteiger partial charge on any atom is -0.497 e. The Morgan fingerprint density at radius 1 is 1.00 bits per heavy atom. The molecule has 2 aromatic rings. The smallest absolute Gasteiger partial charge is 0.339 e. The van der Waals surface area contributed by atoms with Crippen LogP contribution in [0.15, 0.2) is 42.5 Å². The van der Waals surface area contributed by atoms with E-state index in [9.17, 15) is 14.4 Å². The van der Waals surface area contributed by atoms with E-state index in [2.05, 4.69) is 4.74 Å². The Hall–Kier alpha value is -3.35. The number of anilines is 1. The number of hydrogen-bond donors (Lipinski definition) is 0. The van der Waals surface area contributed by atoms with E-state index in [1.54, 1.807) is 30.2 Å². The molecule has 0 saturated heterocycles. The second-order valence-electron chi connectivity index (χ2n) is 6.26. The Balaban J connectivity index is 1.71. The lowest BCUT2D eigenvalue weighted by Gasteiger charge is -2.29. The summed E-state index contributed by atoms with van der Waals surface area (Å²) in [5, 5.41) is 0. The minimum absolute atomic E-state index is 0.0610. The van der Waals surface area contributed by atoms with Gasteiger partial charge in [0, 0.05) is 12.2 Å². The van der Waals surface area contributed by atoms with Gasteiger partial charge in [-0.25, -0.2) is 9.59 Å². The van der Waals surface area contributed by atoms with Crippen LogP contribution in [0.5, 0.6) is 5.75 Å². The fraction of sp³-hybridized carbons (Fsp3) is 0.286. The van der Waals surface area contributed by atoms with Gasteiger partial charge in [0.25, 0.3) is 5.91 Å². The molecule has 1 aliphatic rings. The SMILES string of the molecule is COC(=O)c1ccccc1C(=O)OCC(=O)N1CCCc2cc(OC)ccc21. The second-order valence-corrected chi connectivity index (χ2v) is 6.26. The molecule has 3 rings (SSSR count). The minimum atomic E-state index is -0.749. The molecule has 7 nitrogen and oxygen atoms in total. The average molecular weight is 383 g/mol. The summed E-state index contributed by atoms with van der Waals surface area (Å²) in [7, 11) is 2.83. The molecule has 1 heterocycles. The van der Waals surface area contributed by atoms with Crippen LogP contribution in [0.25, 0.3) is 0 Å². The number of methoxy groups -OCH3 is 2. The van der Waals surface area contributed by atoms with Crippen LogP contribution in [0.3, 0.4) is 0 Å². The molecule has 2 aromatic carbocycles. The van der Waals surface area contributed by atoms with E-state index in [1.807, 2.05) is 12.1 Å². The van der Waals surface area contributed by atoms with E-state index in [4.69, 9.17) is 9.47 Å². The molecule has 1 aliphatic heterocycles. The maximum absolute atomic E-state index is 12.7. The zero-order valence-corrected chi connectivity index (χ0v) is 15.8. The molecule has 28 heavy (non-hydrogen) atoms. The van der Waals surface area contributed by atoms with Crippen LogP contribution in [0.4, 0.5) is 5.69 Å². The molecule has 0 radical (unpaired) electrons. The van der Waals surface area contributed by atoms with Crippen molar-refractivity contribution in [3.63, 3.8) is 0 Å². The van der Waals surface area contributed by atoms with Crippen molar-refractivity contribution in [3.8, 4) is 5.75 Å². The molecule has 0 saturated carbocycles. The topological polar surface area (TPSA) is 82.1 Å². The van der Waals surface area contributed by atoms with Gasteiger partial charge in [0.2, 0.25) is 0 Å². The fourth-order valence-electron chi connectivity index (χ4n) is 3.19. The van der Waals surface area contributed by atoms with Crippen LogP contribution in [0.1, 0.15) is 32.7 Å². The van der Waals surface area contributed by atoms with Gasteiger partial charge in [0.15, 0.2) is 6.61 Å². The van der Waals surface area contributed by atoms with Crippen molar-refractivity contribution in [1.29, 1.82) is 0 Å². The number of fused-ring (bicyclic) bond motifs is 1. The fourth-order valence-corrected chi connectivity index (χ4v) is 3.19. The number of carbonyl (C=O) groups excluding carboxylic acids is 3. The Morgan fingerprint density at radius 3 is 2.39 bits per heavy atom. The summed E-state index contributed by atoms with van der Waals surface area (Å²) in [6, 6.07) is 11.7. The highest BCUT2D eigenvalue weighted by atomic mass is 16.5. The lowest BCUT2D eigenvalue weighted by Crippen LogP contribution is -2.38. The molecule has 7 heteroatoms. The molecule has 0 atom stereocenters. The van der Waals surface area contributed by atoms with Crippen molar-refractivity contribution >= 4 is 23.5 Å². The van der Waals surface area contributed by atoms with Crippen LogP contribution in [0.2, 0.25) is 0 Å².